The van der Waals surface area contributed by atoms with Crippen LogP contribution < -0.4 is 5.32 Å². The predicted molar refractivity (Wildman–Crippen MR) is 52.5 cm³/mol. The van der Waals surface area contributed by atoms with Crippen LogP contribution in [0.2, 0.25) is 0 Å². The van der Waals surface area contributed by atoms with Crippen molar-refractivity contribution in [3.8, 4) is 0 Å². The lowest BCUT2D eigenvalue weighted by Crippen LogP contribution is -2.26. The van der Waals surface area contributed by atoms with Gasteiger partial charge in [0.25, 0.3) is 0 Å². The zero-order chi connectivity index (χ0) is 9.14. The van der Waals surface area contributed by atoms with E-state index in [2.05, 4.69) is 23.7 Å². The van der Waals surface area contributed by atoms with E-state index in [0.717, 1.165) is 0 Å². The molecule has 0 aliphatic heterocycles. The second kappa shape index (κ2) is 4.03. The maximum atomic E-state index is 9.45. The summed E-state index contributed by atoms with van der Waals surface area (Å²) in [6.45, 7) is 3.87. The Labute approximate surface area is 77.2 Å². The topological polar surface area (TPSA) is 32.3 Å². The van der Waals surface area contributed by atoms with Gasteiger partial charge >= 0.3 is 0 Å². The van der Waals surface area contributed by atoms with Crippen molar-refractivity contribution in [2.24, 2.45) is 0 Å². The summed E-state index contributed by atoms with van der Waals surface area (Å²) < 4.78 is 0. The maximum Gasteiger partial charge on any atom is 0.0714 e. The molecule has 1 aromatic heterocycles. The van der Waals surface area contributed by atoms with Gasteiger partial charge in [-0.3, -0.25) is 0 Å². The van der Waals surface area contributed by atoms with E-state index < -0.39 is 0 Å². The lowest BCUT2D eigenvalue weighted by molar-refractivity contribution is 0.151. The summed E-state index contributed by atoms with van der Waals surface area (Å²) in [6.07, 6.45) is -0.340. The van der Waals surface area contributed by atoms with E-state index in [1.165, 1.54) is 10.4 Å². The van der Waals surface area contributed by atoms with Gasteiger partial charge in [0.1, 0.15) is 0 Å². The largest absolute Gasteiger partial charge is 0.391 e. The van der Waals surface area contributed by atoms with Gasteiger partial charge in [0, 0.05) is 4.88 Å². The molecule has 0 aliphatic carbocycles. The fourth-order valence-electron chi connectivity index (χ4n) is 1.29. The second-order valence-electron chi connectivity index (χ2n) is 2.97. The molecule has 1 rings (SSSR count). The molecule has 2 atom stereocenters. The number of nitrogens with one attached hydrogen (secondary N) is 1. The highest BCUT2D eigenvalue weighted by Gasteiger charge is 2.17. The van der Waals surface area contributed by atoms with E-state index in [-0.39, 0.29) is 12.1 Å². The third kappa shape index (κ3) is 1.86. The SMILES string of the molecule is CNC(c1sccc1C)C(C)O. The summed E-state index contributed by atoms with van der Waals surface area (Å²) >= 11 is 1.69. The Hall–Kier alpha value is -0.380. The van der Waals surface area contributed by atoms with Gasteiger partial charge in [-0.25, -0.2) is 0 Å². The van der Waals surface area contributed by atoms with Crippen LogP contribution in [0.25, 0.3) is 0 Å². The monoisotopic (exact) mass is 185 g/mol. The fraction of sp³-hybridized carbons (Fsp3) is 0.556. The molecule has 0 spiro atoms. The minimum atomic E-state index is -0.340. The van der Waals surface area contributed by atoms with Crippen LogP contribution in [0.15, 0.2) is 11.4 Å². The molecular formula is C9H15NOS. The first-order valence-corrected chi connectivity index (χ1v) is 4.94. The highest BCUT2D eigenvalue weighted by molar-refractivity contribution is 7.10. The molecule has 0 saturated carbocycles. The van der Waals surface area contributed by atoms with E-state index in [0.29, 0.717) is 0 Å². The number of thiophene rings is 1. The van der Waals surface area contributed by atoms with Crippen molar-refractivity contribution in [2.45, 2.75) is 26.0 Å². The molecule has 68 valence electrons. The normalized spacial score (nSPS) is 16.0. The van der Waals surface area contributed by atoms with Gasteiger partial charge in [-0.05, 0) is 37.9 Å². The van der Waals surface area contributed by atoms with Crippen LogP contribution >= 0.6 is 11.3 Å². The molecule has 0 saturated heterocycles. The van der Waals surface area contributed by atoms with Crippen molar-refractivity contribution in [3.05, 3.63) is 21.9 Å². The molecule has 2 nitrogen and oxygen atoms in total. The van der Waals surface area contributed by atoms with Crippen molar-refractivity contribution < 1.29 is 5.11 Å². The summed E-state index contributed by atoms with van der Waals surface area (Å²) in [4.78, 5) is 1.23. The molecule has 3 heteroatoms. The van der Waals surface area contributed by atoms with E-state index >= 15 is 0 Å². The molecule has 0 aromatic carbocycles. The van der Waals surface area contributed by atoms with E-state index in [9.17, 15) is 5.11 Å². The standard InChI is InChI=1S/C9H15NOS/c1-6-4-5-12-9(6)8(10-3)7(2)11/h4-5,7-8,10-11H,1-3H3. The number of aliphatic hydroxyl groups is 1. The van der Waals surface area contributed by atoms with Gasteiger partial charge in [0.05, 0.1) is 12.1 Å². The molecule has 2 unspecified atom stereocenters. The average Bonchev–Trinajstić information content (AvgIpc) is 2.38. The first-order valence-electron chi connectivity index (χ1n) is 4.06. The van der Waals surface area contributed by atoms with Gasteiger partial charge in [-0.15, -0.1) is 11.3 Å². The molecule has 12 heavy (non-hydrogen) atoms. The Kier molecular flexibility index (Phi) is 3.26. The van der Waals surface area contributed by atoms with Crippen LogP contribution in [0.4, 0.5) is 0 Å². The zero-order valence-corrected chi connectivity index (χ0v) is 8.48. The van der Waals surface area contributed by atoms with Gasteiger partial charge in [-0.1, -0.05) is 0 Å². The third-order valence-corrected chi connectivity index (χ3v) is 3.08. The highest BCUT2D eigenvalue weighted by atomic mass is 32.1. The van der Waals surface area contributed by atoms with Crippen LogP contribution in [0.1, 0.15) is 23.4 Å². The Balaban J connectivity index is 2.87. The summed E-state index contributed by atoms with van der Waals surface area (Å²) in [5, 5.41) is 14.6. The lowest BCUT2D eigenvalue weighted by Gasteiger charge is -2.18. The molecule has 0 fully saturated rings. The molecule has 0 bridgehead atoms. The van der Waals surface area contributed by atoms with Crippen LogP contribution in [-0.2, 0) is 0 Å². The number of hydrogen-bond donors (Lipinski definition) is 2. The van der Waals surface area contributed by atoms with Crippen LogP contribution in [-0.4, -0.2) is 18.3 Å². The van der Waals surface area contributed by atoms with Crippen LogP contribution in [0.3, 0.4) is 0 Å². The lowest BCUT2D eigenvalue weighted by atomic mass is 10.1. The number of aliphatic hydroxyl groups excluding tert-OH is 1. The smallest absolute Gasteiger partial charge is 0.0714 e. The third-order valence-electron chi connectivity index (χ3n) is 1.98. The number of likely N-dealkylation sites (N-methyl/N-ethyl adjacent to an activating group) is 1. The molecule has 0 amide bonds. The molecule has 2 N–H and O–H groups in total. The van der Waals surface area contributed by atoms with Gasteiger partial charge in [0.15, 0.2) is 0 Å². The zero-order valence-electron chi connectivity index (χ0n) is 7.66. The Morgan fingerprint density at radius 1 is 1.58 bits per heavy atom. The Morgan fingerprint density at radius 2 is 2.25 bits per heavy atom. The van der Waals surface area contributed by atoms with Crippen LogP contribution in [0.5, 0.6) is 0 Å². The predicted octanol–water partition coefficient (Wildman–Crippen LogP) is 1.70. The minimum absolute atomic E-state index is 0.0741. The molecule has 0 aliphatic rings. The van der Waals surface area contributed by atoms with Gasteiger partial charge < -0.3 is 10.4 Å². The molecule has 1 aromatic rings. The van der Waals surface area contributed by atoms with Crippen LogP contribution in [0, 0.1) is 6.92 Å². The fourth-order valence-corrected chi connectivity index (χ4v) is 2.43. The summed E-state index contributed by atoms with van der Waals surface area (Å²) in [5.41, 5.74) is 1.25. The van der Waals surface area contributed by atoms with E-state index in [4.69, 9.17) is 0 Å². The van der Waals surface area contributed by atoms with Crippen molar-refractivity contribution in [1.29, 1.82) is 0 Å². The number of rotatable bonds is 3. The average molecular weight is 185 g/mol. The minimum Gasteiger partial charge on any atom is -0.391 e. The van der Waals surface area contributed by atoms with Crippen molar-refractivity contribution >= 4 is 11.3 Å². The van der Waals surface area contributed by atoms with Crippen molar-refractivity contribution in [1.82, 2.24) is 5.32 Å². The summed E-state index contributed by atoms with van der Waals surface area (Å²) in [6, 6.07) is 2.15. The quantitative estimate of drug-likeness (QED) is 0.751. The summed E-state index contributed by atoms with van der Waals surface area (Å²) in [7, 11) is 1.87. The number of aryl methyl sites for hydroxylation is 1. The van der Waals surface area contributed by atoms with Gasteiger partial charge in [-0.2, -0.15) is 0 Å². The molecule has 1 heterocycles. The Morgan fingerprint density at radius 3 is 2.58 bits per heavy atom. The first-order chi connectivity index (χ1) is 5.66. The summed E-state index contributed by atoms with van der Waals surface area (Å²) in [5.74, 6) is 0. The van der Waals surface area contributed by atoms with E-state index in [1.807, 2.05) is 7.05 Å². The first kappa shape index (κ1) is 9.71. The van der Waals surface area contributed by atoms with Gasteiger partial charge in [0.2, 0.25) is 0 Å². The van der Waals surface area contributed by atoms with E-state index in [1.54, 1.807) is 18.3 Å². The van der Waals surface area contributed by atoms with Crippen molar-refractivity contribution in [3.63, 3.8) is 0 Å². The Bertz CT molecular complexity index is 244. The number of hydrogen-bond acceptors (Lipinski definition) is 3. The highest BCUT2D eigenvalue weighted by Crippen LogP contribution is 2.25. The second-order valence-corrected chi connectivity index (χ2v) is 3.92. The molecule has 0 radical (unpaired) electrons. The molecular weight excluding hydrogens is 170 g/mol. The van der Waals surface area contributed by atoms with Crippen molar-refractivity contribution in [2.75, 3.05) is 7.05 Å². The maximum absolute atomic E-state index is 9.45.